The van der Waals surface area contributed by atoms with E-state index >= 15 is 0 Å². The average molecular weight is 270 g/mol. The van der Waals surface area contributed by atoms with Crippen LogP contribution in [0.2, 0.25) is 0 Å². The fraction of sp³-hybridized carbons (Fsp3) is 0.333. The molecular formula is C15H18N4O. The fourth-order valence-electron chi connectivity index (χ4n) is 2.48. The number of amides is 1. The summed E-state index contributed by atoms with van der Waals surface area (Å²) in [6.07, 6.45) is 3.62. The van der Waals surface area contributed by atoms with Gasteiger partial charge in [0, 0.05) is 43.6 Å². The lowest BCUT2D eigenvalue weighted by molar-refractivity contribution is 0.0709. The average Bonchev–Trinajstić information content (AvgIpc) is 3.01. The van der Waals surface area contributed by atoms with E-state index in [9.17, 15) is 4.79 Å². The van der Waals surface area contributed by atoms with E-state index in [4.69, 9.17) is 0 Å². The smallest absolute Gasteiger partial charge is 0.253 e. The second kappa shape index (κ2) is 5.46. The Balaban J connectivity index is 1.75. The number of carbonyl (C=O) groups excluding carboxylic acids is 1. The molecule has 0 bridgehead atoms. The number of rotatable bonds is 2. The van der Waals surface area contributed by atoms with E-state index < -0.39 is 0 Å². The number of nitrogens with one attached hydrogen (secondary N) is 1. The molecule has 0 saturated carbocycles. The third-order valence-corrected chi connectivity index (χ3v) is 3.54. The van der Waals surface area contributed by atoms with Crippen molar-refractivity contribution in [1.29, 1.82) is 0 Å². The molecule has 1 aromatic heterocycles. The highest BCUT2D eigenvalue weighted by Gasteiger charge is 2.21. The lowest BCUT2D eigenvalue weighted by atomic mass is 10.1. The molecule has 0 spiro atoms. The molecule has 5 heteroatoms. The van der Waals surface area contributed by atoms with Gasteiger partial charge in [-0.2, -0.15) is 5.10 Å². The molecule has 104 valence electrons. The van der Waals surface area contributed by atoms with Gasteiger partial charge >= 0.3 is 0 Å². The Hall–Kier alpha value is -2.14. The van der Waals surface area contributed by atoms with Crippen molar-refractivity contribution in [3.05, 3.63) is 48.3 Å². The zero-order valence-electron chi connectivity index (χ0n) is 11.5. The molecule has 2 aromatic rings. The van der Waals surface area contributed by atoms with Crippen molar-refractivity contribution < 1.29 is 4.79 Å². The molecule has 20 heavy (non-hydrogen) atoms. The third-order valence-electron chi connectivity index (χ3n) is 3.54. The molecule has 3 rings (SSSR count). The standard InChI is InChI=1S/C15H18N4O/c1-12-11-18(10-8-16-12)15(20)13-3-5-14(6-4-13)19-9-2-7-17-19/h2-7,9,12,16H,8,10-11H2,1H3. The van der Waals surface area contributed by atoms with E-state index in [1.165, 1.54) is 0 Å². The predicted molar refractivity (Wildman–Crippen MR) is 76.9 cm³/mol. The summed E-state index contributed by atoms with van der Waals surface area (Å²) in [4.78, 5) is 14.3. The molecule has 1 saturated heterocycles. The fourth-order valence-corrected chi connectivity index (χ4v) is 2.48. The van der Waals surface area contributed by atoms with Gasteiger partial charge in [0.05, 0.1) is 5.69 Å². The SMILES string of the molecule is CC1CN(C(=O)c2ccc(-n3cccn3)cc2)CCN1. The van der Waals surface area contributed by atoms with Crippen LogP contribution in [0, 0.1) is 0 Å². The minimum absolute atomic E-state index is 0.102. The highest BCUT2D eigenvalue weighted by molar-refractivity contribution is 5.94. The molecule has 1 amide bonds. The van der Waals surface area contributed by atoms with Gasteiger partial charge in [-0.1, -0.05) is 0 Å². The summed E-state index contributed by atoms with van der Waals surface area (Å²) in [5.41, 5.74) is 1.69. The van der Waals surface area contributed by atoms with E-state index in [0.29, 0.717) is 6.04 Å². The van der Waals surface area contributed by atoms with Crippen LogP contribution in [0.25, 0.3) is 5.69 Å². The summed E-state index contributed by atoms with van der Waals surface area (Å²) in [5.74, 6) is 0.102. The molecule has 1 aliphatic heterocycles. The minimum Gasteiger partial charge on any atom is -0.336 e. The normalized spacial score (nSPS) is 19.1. The van der Waals surface area contributed by atoms with Crippen LogP contribution in [0.15, 0.2) is 42.7 Å². The predicted octanol–water partition coefficient (Wildman–Crippen LogP) is 1.31. The van der Waals surface area contributed by atoms with Crippen LogP contribution in [0.4, 0.5) is 0 Å². The maximum atomic E-state index is 12.4. The third kappa shape index (κ3) is 2.58. The summed E-state index contributed by atoms with van der Waals surface area (Å²) in [6, 6.07) is 9.81. The van der Waals surface area contributed by atoms with Crippen molar-refractivity contribution >= 4 is 5.91 Å². The first-order valence-corrected chi connectivity index (χ1v) is 6.87. The Bertz CT molecular complexity index is 576. The van der Waals surface area contributed by atoms with Crippen LogP contribution in [0.1, 0.15) is 17.3 Å². The van der Waals surface area contributed by atoms with Crippen molar-refractivity contribution in [3.63, 3.8) is 0 Å². The molecular weight excluding hydrogens is 252 g/mol. The van der Waals surface area contributed by atoms with E-state index in [0.717, 1.165) is 30.9 Å². The summed E-state index contributed by atoms with van der Waals surface area (Å²) >= 11 is 0. The summed E-state index contributed by atoms with van der Waals surface area (Å²) in [6.45, 7) is 4.49. The molecule has 1 aromatic carbocycles. The Morgan fingerprint density at radius 2 is 2.15 bits per heavy atom. The highest BCUT2D eigenvalue weighted by Crippen LogP contribution is 2.12. The number of benzene rings is 1. The first-order valence-electron chi connectivity index (χ1n) is 6.87. The minimum atomic E-state index is 0.102. The van der Waals surface area contributed by atoms with Gasteiger partial charge in [-0.15, -0.1) is 0 Å². The van der Waals surface area contributed by atoms with Crippen LogP contribution in [0.5, 0.6) is 0 Å². The first kappa shape index (κ1) is 12.9. The lowest BCUT2D eigenvalue weighted by Crippen LogP contribution is -2.51. The van der Waals surface area contributed by atoms with Gasteiger partial charge in [-0.3, -0.25) is 4.79 Å². The highest BCUT2D eigenvalue weighted by atomic mass is 16.2. The van der Waals surface area contributed by atoms with Gasteiger partial charge in [-0.25, -0.2) is 4.68 Å². The van der Waals surface area contributed by atoms with Crippen molar-refractivity contribution in [2.75, 3.05) is 19.6 Å². The molecule has 1 unspecified atom stereocenters. The van der Waals surface area contributed by atoms with Crippen LogP contribution >= 0.6 is 0 Å². The second-order valence-electron chi connectivity index (χ2n) is 5.10. The maximum Gasteiger partial charge on any atom is 0.253 e. The molecule has 2 heterocycles. The van der Waals surface area contributed by atoms with Crippen LogP contribution in [0.3, 0.4) is 0 Å². The maximum absolute atomic E-state index is 12.4. The monoisotopic (exact) mass is 270 g/mol. The van der Waals surface area contributed by atoms with Gasteiger partial charge in [-0.05, 0) is 37.3 Å². The molecule has 1 aliphatic rings. The Kier molecular flexibility index (Phi) is 3.52. The zero-order chi connectivity index (χ0) is 13.9. The zero-order valence-corrected chi connectivity index (χ0v) is 11.5. The number of nitrogens with zero attached hydrogens (tertiary/aromatic N) is 3. The second-order valence-corrected chi connectivity index (χ2v) is 5.10. The van der Waals surface area contributed by atoms with E-state index in [-0.39, 0.29) is 5.91 Å². The molecule has 5 nitrogen and oxygen atoms in total. The van der Waals surface area contributed by atoms with Crippen molar-refractivity contribution in [2.45, 2.75) is 13.0 Å². The Morgan fingerprint density at radius 3 is 2.80 bits per heavy atom. The summed E-state index contributed by atoms with van der Waals surface area (Å²) in [7, 11) is 0. The van der Waals surface area contributed by atoms with Crippen LogP contribution in [-0.4, -0.2) is 46.3 Å². The number of hydrogen-bond acceptors (Lipinski definition) is 3. The van der Waals surface area contributed by atoms with Crippen molar-refractivity contribution in [1.82, 2.24) is 20.0 Å². The Morgan fingerprint density at radius 1 is 1.35 bits per heavy atom. The van der Waals surface area contributed by atoms with Gasteiger partial charge in [0.15, 0.2) is 0 Å². The quantitative estimate of drug-likeness (QED) is 0.895. The molecule has 1 atom stereocenters. The van der Waals surface area contributed by atoms with Gasteiger partial charge in [0.25, 0.3) is 5.91 Å². The number of aromatic nitrogens is 2. The summed E-state index contributed by atoms with van der Waals surface area (Å²) in [5, 5.41) is 7.51. The lowest BCUT2D eigenvalue weighted by Gasteiger charge is -2.32. The van der Waals surface area contributed by atoms with Crippen molar-refractivity contribution in [3.8, 4) is 5.69 Å². The first-order chi connectivity index (χ1) is 9.74. The van der Waals surface area contributed by atoms with E-state index in [1.54, 1.807) is 10.9 Å². The molecule has 1 fully saturated rings. The topological polar surface area (TPSA) is 50.2 Å². The molecule has 1 N–H and O–H groups in total. The van der Waals surface area contributed by atoms with Crippen LogP contribution in [-0.2, 0) is 0 Å². The van der Waals surface area contributed by atoms with E-state index in [2.05, 4.69) is 17.3 Å². The summed E-state index contributed by atoms with van der Waals surface area (Å²) < 4.78 is 1.78. The van der Waals surface area contributed by atoms with Gasteiger partial charge < -0.3 is 10.2 Å². The molecule has 0 aliphatic carbocycles. The van der Waals surface area contributed by atoms with E-state index in [1.807, 2.05) is 41.4 Å². The van der Waals surface area contributed by atoms with Crippen molar-refractivity contribution in [2.24, 2.45) is 0 Å². The number of hydrogen-bond donors (Lipinski definition) is 1. The number of carbonyl (C=O) groups is 1. The van der Waals surface area contributed by atoms with Gasteiger partial charge in [0.1, 0.15) is 0 Å². The number of piperazine rings is 1. The van der Waals surface area contributed by atoms with Crippen LogP contribution < -0.4 is 5.32 Å². The Labute approximate surface area is 118 Å². The van der Waals surface area contributed by atoms with Gasteiger partial charge in [0.2, 0.25) is 0 Å². The largest absolute Gasteiger partial charge is 0.336 e. The molecule has 0 radical (unpaired) electrons.